The van der Waals surface area contributed by atoms with Gasteiger partial charge < -0.3 is 10.8 Å². The third-order valence-electron chi connectivity index (χ3n) is 0.739. The Hall–Kier alpha value is -1.25. The third-order valence-corrected chi connectivity index (χ3v) is 0.739. The summed E-state index contributed by atoms with van der Waals surface area (Å²) in [6, 6.07) is 0. The van der Waals surface area contributed by atoms with Gasteiger partial charge >= 0.3 is 5.97 Å². The van der Waals surface area contributed by atoms with Crippen LogP contribution in [0.1, 0.15) is 6.92 Å². The zero-order valence-electron chi connectivity index (χ0n) is 5.22. The van der Waals surface area contributed by atoms with E-state index in [0.29, 0.717) is 0 Å². The topological polar surface area (TPSA) is 63.3 Å². The molecule has 0 radical (unpaired) electrons. The minimum absolute atomic E-state index is 0.197. The van der Waals surface area contributed by atoms with Gasteiger partial charge in [0, 0.05) is 11.3 Å². The van der Waals surface area contributed by atoms with E-state index in [4.69, 9.17) is 10.8 Å². The van der Waals surface area contributed by atoms with Crippen molar-refractivity contribution in [3.05, 3.63) is 23.9 Å². The summed E-state index contributed by atoms with van der Waals surface area (Å²) in [5.74, 6) is -0.971. The van der Waals surface area contributed by atoms with Crippen molar-refractivity contribution in [2.45, 2.75) is 6.92 Å². The van der Waals surface area contributed by atoms with Crippen molar-refractivity contribution >= 4 is 5.97 Å². The Morgan fingerprint density at radius 3 is 2.33 bits per heavy atom. The molecule has 3 heteroatoms. The van der Waals surface area contributed by atoms with Gasteiger partial charge in [-0.05, 0) is 13.0 Å². The Kier molecular flexibility index (Phi) is 2.51. The van der Waals surface area contributed by atoms with Crippen LogP contribution >= 0.6 is 0 Å². The average molecular weight is 127 g/mol. The number of carboxylic acid groups (broad SMARTS) is 1. The number of hydrogen-bond donors (Lipinski definition) is 2. The molecule has 0 saturated heterocycles. The van der Waals surface area contributed by atoms with Gasteiger partial charge in [-0.15, -0.1) is 0 Å². The van der Waals surface area contributed by atoms with Crippen LogP contribution < -0.4 is 5.73 Å². The van der Waals surface area contributed by atoms with Crippen molar-refractivity contribution in [3.63, 3.8) is 0 Å². The van der Waals surface area contributed by atoms with Gasteiger partial charge in [-0.25, -0.2) is 4.79 Å². The Labute approximate surface area is 53.5 Å². The highest BCUT2D eigenvalue weighted by molar-refractivity contribution is 5.86. The highest BCUT2D eigenvalue weighted by atomic mass is 16.4. The Morgan fingerprint density at radius 2 is 2.22 bits per heavy atom. The number of aliphatic carboxylic acids is 1. The van der Waals surface area contributed by atoms with Crippen molar-refractivity contribution in [1.82, 2.24) is 0 Å². The molecule has 0 saturated carbocycles. The maximum absolute atomic E-state index is 10.1. The van der Waals surface area contributed by atoms with Gasteiger partial charge in [0.1, 0.15) is 0 Å². The first kappa shape index (κ1) is 7.75. The summed E-state index contributed by atoms with van der Waals surface area (Å²) in [6.45, 7) is 4.77. The van der Waals surface area contributed by atoms with Gasteiger partial charge in [-0.3, -0.25) is 0 Å². The predicted molar refractivity (Wildman–Crippen MR) is 34.7 cm³/mol. The average Bonchev–Trinajstić information content (AvgIpc) is 1.63. The second-order valence-corrected chi connectivity index (χ2v) is 1.71. The molecule has 0 aromatic heterocycles. The SMILES string of the molecule is C=C(N)C=C(C)C(=O)O. The maximum atomic E-state index is 10.1. The summed E-state index contributed by atoms with van der Waals surface area (Å²) < 4.78 is 0. The maximum Gasteiger partial charge on any atom is 0.331 e. The smallest absolute Gasteiger partial charge is 0.331 e. The molecule has 0 rings (SSSR count). The molecule has 0 fully saturated rings. The van der Waals surface area contributed by atoms with Crippen LogP contribution in [0.3, 0.4) is 0 Å². The molecule has 0 aromatic rings. The molecule has 3 N–H and O–H groups in total. The molecule has 3 nitrogen and oxygen atoms in total. The Bertz CT molecular complexity index is 170. The zero-order chi connectivity index (χ0) is 7.44. The standard InChI is InChI=1S/C6H9NO2/c1-4(6(8)9)3-5(2)7/h3H,2,7H2,1H3,(H,8,9). The first-order valence-corrected chi connectivity index (χ1v) is 2.40. The number of hydrogen-bond acceptors (Lipinski definition) is 2. The lowest BCUT2D eigenvalue weighted by molar-refractivity contribution is -0.132. The fourth-order valence-electron chi connectivity index (χ4n) is 0.340. The summed E-state index contributed by atoms with van der Waals surface area (Å²) in [4.78, 5) is 10.1. The molecule has 0 aliphatic heterocycles. The molecule has 0 aliphatic rings. The van der Waals surface area contributed by atoms with Gasteiger partial charge in [0.25, 0.3) is 0 Å². The number of nitrogens with two attached hydrogens (primary N) is 1. The van der Waals surface area contributed by atoms with Crippen LogP contribution in [-0.2, 0) is 4.79 Å². The quantitative estimate of drug-likeness (QED) is 0.419. The molecule has 0 amide bonds. The van der Waals surface area contributed by atoms with Gasteiger partial charge in [0.2, 0.25) is 0 Å². The molecule has 0 bridgehead atoms. The van der Waals surface area contributed by atoms with E-state index < -0.39 is 5.97 Å². The molecule has 9 heavy (non-hydrogen) atoms. The normalized spacial score (nSPS) is 11.0. The van der Waals surface area contributed by atoms with E-state index in [-0.39, 0.29) is 11.3 Å². The summed E-state index contributed by atoms with van der Waals surface area (Å²) in [6.07, 6.45) is 1.31. The van der Waals surface area contributed by atoms with Crippen LogP contribution in [0.2, 0.25) is 0 Å². The highest BCUT2D eigenvalue weighted by Crippen LogP contribution is 1.93. The summed E-state index contributed by atoms with van der Waals surface area (Å²) in [5.41, 5.74) is 5.55. The second-order valence-electron chi connectivity index (χ2n) is 1.71. The summed E-state index contributed by atoms with van der Waals surface area (Å²) in [5, 5.41) is 8.27. The lowest BCUT2D eigenvalue weighted by atomic mass is 10.2. The third kappa shape index (κ3) is 3.34. The van der Waals surface area contributed by atoms with Gasteiger partial charge in [-0.1, -0.05) is 6.58 Å². The van der Waals surface area contributed by atoms with E-state index >= 15 is 0 Å². The lowest BCUT2D eigenvalue weighted by Crippen LogP contribution is -1.99. The minimum atomic E-state index is -0.971. The fourth-order valence-corrected chi connectivity index (χ4v) is 0.340. The number of carboxylic acids is 1. The van der Waals surface area contributed by atoms with E-state index in [1.165, 1.54) is 13.0 Å². The van der Waals surface area contributed by atoms with E-state index in [1.54, 1.807) is 0 Å². The fraction of sp³-hybridized carbons (Fsp3) is 0.167. The lowest BCUT2D eigenvalue weighted by Gasteiger charge is -1.90. The monoisotopic (exact) mass is 127 g/mol. The van der Waals surface area contributed by atoms with Crippen LogP contribution in [0.4, 0.5) is 0 Å². The Balaban J connectivity index is 4.17. The number of carbonyl (C=O) groups is 1. The summed E-state index contributed by atoms with van der Waals surface area (Å²) in [7, 11) is 0. The predicted octanol–water partition coefficient (Wildman–Crippen LogP) is 0.490. The van der Waals surface area contributed by atoms with Crippen molar-refractivity contribution in [2.24, 2.45) is 5.73 Å². The van der Waals surface area contributed by atoms with E-state index in [9.17, 15) is 4.79 Å². The largest absolute Gasteiger partial charge is 0.478 e. The van der Waals surface area contributed by atoms with Crippen molar-refractivity contribution in [1.29, 1.82) is 0 Å². The summed E-state index contributed by atoms with van der Waals surface area (Å²) >= 11 is 0. The zero-order valence-corrected chi connectivity index (χ0v) is 5.22. The van der Waals surface area contributed by atoms with Gasteiger partial charge in [0.05, 0.1) is 0 Å². The van der Waals surface area contributed by atoms with Crippen LogP contribution in [0, 0.1) is 0 Å². The first-order valence-electron chi connectivity index (χ1n) is 2.40. The van der Waals surface area contributed by atoms with E-state index in [0.717, 1.165) is 0 Å². The van der Waals surface area contributed by atoms with Crippen molar-refractivity contribution in [3.8, 4) is 0 Å². The highest BCUT2D eigenvalue weighted by Gasteiger charge is 1.96. The molecule has 0 aliphatic carbocycles. The number of allylic oxidation sites excluding steroid dienone is 1. The second kappa shape index (κ2) is 2.91. The van der Waals surface area contributed by atoms with Crippen LogP contribution in [-0.4, -0.2) is 11.1 Å². The van der Waals surface area contributed by atoms with Crippen molar-refractivity contribution in [2.75, 3.05) is 0 Å². The van der Waals surface area contributed by atoms with Crippen LogP contribution in [0.15, 0.2) is 23.9 Å². The first-order chi connectivity index (χ1) is 4.04. The molecule has 0 heterocycles. The van der Waals surface area contributed by atoms with Gasteiger partial charge in [0.15, 0.2) is 0 Å². The van der Waals surface area contributed by atoms with Crippen LogP contribution in [0.25, 0.3) is 0 Å². The minimum Gasteiger partial charge on any atom is -0.478 e. The van der Waals surface area contributed by atoms with E-state index in [1.807, 2.05) is 0 Å². The van der Waals surface area contributed by atoms with Crippen LogP contribution in [0.5, 0.6) is 0 Å². The molecular formula is C6H9NO2. The molecule has 0 unspecified atom stereocenters. The van der Waals surface area contributed by atoms with Gasteiger partial charge in [-0.2, -0.15) is 0 Å². The molecule has 0 spiro atoms. The molecule has 0 aromatic carbocycles. The molecular weight excluding hydrogens is 118 g/mol. The molecule has 50 valence electrons. The van der Waals surface area contributed by atoms with E-state index in [2.05, 4.69) is 6.58 Å². The molecule has 0 atom stereocenters. The van der Waals surface area contributed by atoms with Crippen molar-refractivity contribution < 1.29 is 9.90 Å². The number of rotatable bonds is 2. The Morgan fingerprint density at radius 1 is 1.78 bits per heavy atom.